The molecular weight excluding hydrogens is 775 g/mol. The average molecular weight is 826 g/mol. The minimum atomic E-state index is -3.91. The van der Waals surface area contributed by atoms with E-state index in [1.807, 2.05) is 79.8 Å². The van der Waals surface area contributed by atoms with Gasteiger partial charge in [0.1, 0.15) is 35.2 Å². The number of ether oxygens (including phenoxy) is 3. The molecule has 2 aliphatic carbocycles. The normalized spacial score (nSPS) is 28.9. The first kappa shape index (κ1) is 40.3. The van der Waals surface area contributed by atoms with Crippen molar-refractivity contribution in [2.24, 2.45) is 11.8 Å². The van der Waals surface area contributed by atoms with Gasteiger partial charge in [0, 0.05) is 41.0 Å². The second-order valence-corrected chi connectivity index (χ2v) is 18.5. The van der Waals surface area contributed by atoms with E-state index in [-0.39, 0.29) is 31.9 Å². The average Bonchev–Trinajstić information content (AvgIpc) is 4.15. The molecule has 1 aromatic heterocycles. The van der Waals surface area contributed by atoms with E-state index in [1.54, 1.807) is 7.11 Å². The molecule has 0 radical (unpaired) electrons. The van der Waals surface area contributed by atoms with E-state index < -0.39 is 68.7 Å². The van der Waals surface area contributed by atoms with Crippen LogP contribution < -0.4 is 24.8 Å². The topological polar surface area (TPSA) is 182 Å². The summed E-state index contributed by atoms with van der Waals surface area (Å²) in [5, 5.41) is 5.79. The molecule has 2 aromatic carbocycles. The minimum absolute atomic E-state index is 0.00678. The molecule has 312 valence electrons. The molecule has 3 aromatic rings. The van der Waals surface area contributed by atoms with Gasteiger partial charge < -0.3 is 29.7 Å². The van der Waals surface area contributed by atoms with Crippen molar-refractivity contribution in [3.8, 4) is 22.8 Å². The van der Waals surface area contributed by atoms with E-state index in [1.165, 1.54) is 4.90 Å². The molecule has 2 saturated carbocycles. The van der Waals surface area contributed by atoms with Gasteiger partial charge in [0.15, 0.2) is 0 Å². The fourth-order valence-electron chi connectivity index (χ4n) is 8.33. The fraction of sp³-hybridized carbons (Fsp3) is 0.477. The summed E-state index contributed by atoms with van der Waals surface area (Å²) in [6.07, 6.45) is 11.4. The highest BCUT2D eigenvalue weighted by molar-refractivity contribution is 7.91. The van der Waals surface area contributed by atoms with Crippen LogP contribution >= 0.6 is 0 Å². The maximum Gasteiger partial charge on any atom is 0.407 e. The fourth-order valence-corrected chi connectivity index (χ4v) is 9.69. The number of carbonyl (C=O) groups excluding carboxylic acids is 4. The molecular formula is C44H51N5O9S. The molecule has 1 saturated heterocycles. The van der Waals surface area contributed by atoms with Crippen molar-refractivity contribution in [1.29, 1.82) is 0 Å². The van der Waals surface area contributed by atoms with Crippen molar-refractivity contribution in [2.75, 3.05) is 20.3 Å². The lowest BCUT2D eigenvalue weighted by atomic mass is 10.0. The number of amides is 4. The molecule has 14 nitrogen and oxygen atoms in total. The number of hydrogen-bond acceptors (Lipinski definition) is 10. The quantitative estimate of drug-likeness (QED) is 0.282. The Morgan fingerprint density at radius 3 is 2.63 bits per heavy atom. The summed E-state index contributed by atoms with van der Waals surface area (Å²) in [6, 6.07) is 13.2. The van der Waals surface area contributed by atoms with Gasteiger partial charge in [-0.1, -0.05) is 74.4 Å². The Bertz CT molecular complexity index is 2300. The summed E-state index contributed by atoms with van der Waals surface area (Å²) < 4.78 is 46.4. The molecule has 0 spiro atoms. The van der Waals surface area contributed by atoms with Crippen LogP contribution in [0.15, 0.2) is 66.8 Å². The van der Waals surface area contributed by atoms with Crippen LogP contribution in [0.25, 0.3) is 28.2 Å². The summed E-state index contributed by atoms with van der Waals surface area (Å²) >= 11 is 0. The molecule has 59 heavy (non-hydrogen) atoms. The number of nitrogens with one attached hydrogen (secondary N) is 3. The third-order valence-corrected chi connectivity index (χ3v) is 13.8. The molecule has 5 bridgehead atoms. The van der Waals surface area contributed by atoms with Crippen LogP contribution in [0.2, 0.25) is 0 Å². The predicted octanol–water partition coefficient (Wildman–Crippen LogP) is 5.41. The molecule has 8 rings (SSSR count). The highest BCUT2D eigenvalue weighted by Crippen LogP contribution is 2.46. The molecule has 3 aliphatic heterocycles. The van der Waals surface area contributed by atoms with Crippen molar-refractivity contribution < 1.29 is 41.8 Å². The number of aromatic nitrogens is 1. The Hall–Kier alpha value is -5.44. The lowest BCUT2D eigenvalue weighted by Gasteiger charge is -2.29. The monoisotopic (exact) mass is 825 g/mol. The second-order valence-electron chi connectivity index (χ2n) is 16.5. The molecule has 4 heterocycles. The van der Waals surface area contributed by atoms with Crippen LogP contribution in [0.1, 0.15) is 76.7 Å². The van der Waals surface area contributed by atoms with Crippen molar-refractivity contribution in [3.05, 3.63) is 72.3 Å². The zero-order chi connectivity index (χ0) is 41.3. The van der Waals surface area contributed by atoms with Gasteiger partial charge >= 0.3 is 6.09 Å². The number of pyridine rings is 1. The van der Waals surface area contributed by atoms with E-state index in [2.05, 4.69) is 15.4 Å². The van der Waals surface area contributed by atoms with E-state index in [9.17, 15) is 27.6 Å². The molecule has 4 amide bonds. The Kier molecular flexibility index (Phi) is 11.4. The van der Waals surface area contributed by atoms with Gasteiger partial charge in [-0.25, -0.2) is 18.2 Å². The highest BCUT2D eigenvalue weighted by Gasteiger charge is 2.62. The Morgan fingerprint density at radius 2 is 1.85 bits per heavy atom. The largest absolute Gasteiger partial charge is 0.496 e. The number of fused-ring (bicyclic) bond motifs is 4. The number of carbonyl (C=O) groups is 4. The summed E-state index contributed by atoms with van der Waals surface area (Å²) in [4.78, 5) is 62.8. The van der Waals surface area contributed by atoms with Gasteiger partial charge in [0.25, 0.3) is 5.91 Å². The van der Waals surface area contributed by atoms with Crippen LogP contribution in [0.3, 0.4) is 0 Å². The molecule has 15 heteroatoms. The SMILES string of the molecule is COc1cc2nc(-c3ccccc3)cc3c2cc1/C=C/C[C@H](C)COC(=O)N[C@H]1CCCCC/C=C\[C@H]2C[C@@]2(C(=O)NS(=O)(=O)C2CC2)NC(=O)[C@@H]2C[C@H](CN2C1=O)O3. The zero-order valence-electron chi connectivity index (χ0n) is 33.4. The molecule has 0 unspecified atom stereocenters. The first-order valence-electron chi connectivity index (χ1n) is 20.6. The van der Waals surface area contributed by atoms with E-state index >= 15 is 0 Å². The van der Waals surface area contributed by atoms with Crippen LogP contribution in [0.5, 0.6) is 11.5 Å². The Balaban J connectivity index is 1.19. The summed E-state index contributed by atoms with van der Waals surface area (Å²) in [7, 11) is -2.31. The van der Waals surface area contributed by atoms with Gasteiger partial charge in [-0.15, -0.1) is 0 Å². The first-order valence-corrected chi connectivity index (χ1v) is 22.2. The number of cyclic esters (lactones) is 1. The zero-order valence-corrected chi connectivity index (χ0v) is 34.2. The summed E-state index contributed by atoms with van der Waals surface area (Å²) in [5.74, 6) is -1.26. The van der Waals surface area contributed by atoms with Crippen LogP contribution in [-0.2, 0) is 29.1 Å². The van der Waals surface area contributed by atoms with Crippen LogP contribution in [0.4, 0.5) is 4.79 Å². The van der Waals surface area contributed by atoms with Crippen LogP contribution in [-0.4, -0.2) is 91.4 Å². The Labute approximate surface area is 344 Å². The number of sulfonamides is 1. The van der Waals surface area contributed by atoms with Crippen LogP contribution in [0, 0.1) is 11.8 Å². The number of benzene rings is 2. The second kappa shape index (κ2) is 16.7. The van der Waals surface area contributed by atoms with Gasteiger partial charge in [-0.2, -0.15) is 0 Å². The first-order chi connectivity index (χ1) is 28.4. The maximum atomic E-state index is 14.7. The van der Waals surface area contributed by atoms with Gasteiger partial charge in [0.2, 0.25) is 21.8 Å². The molecule has 3 fully saturated rings. The highest BCUT2D eigenvalue weighted by atomic mass is 32.2. The van der Waals surface area contributed by atoms with E-state index in [0.717, 1.165) is 24.0 Å². The molecule has 5 aliphatic rings. The number of alkyl carbamates (subject to hydrolysis) is 1. The summed E-state index contributed by atoms with van der Waals surface area (Å²) in [5.41, 5.74) is 1.41. The van der Waals surface area contributed by atoms with Gasteiger partial charge in [0.05, 0.1) is 36.7 Å². The maximum absolute atomic E-state index is 14.7. The van der Waals surface area contributed by atoms with Crippen molar-refractivity contribution >= 4 is 50.8 Å². The van der Waals surface area contributed by atoms with Crippen molar-refractivity contribution in [3.63, 3.8) is 0 Å². The Morgan fingerprint density at radius 1 is 1.03 bits per heavy atom. The predicted molar refractivity (Wildman–Crippen MR) is 221 cm³/mol. The van der Waals surface area contributed by atoms with Gasteiger partial charge in [-0.05, 0) is 56.9 Å². The lowest BCUT2D eigenvalue weighted by Crippen LogP contribution is -2.58. The number of nitrogens with zero attached hydrogens (tertiary/aromatic N) is 2. The van der Waals surface area contributed by atoms with Crippen molar-refractivity contribution in [2.45, 2.75) is 100 Å². The standard InChI is InChI=1S/C44H51N5O9S/c1-27-12-11-15-29-20-33-36(23-38(29)56-2)45-35(28-13-7-6-8-14-28)22-39(33)58-31-21-37-40(50)47-44(42(52)48-59(54,55)32-18-19-32)24-30(44)16-9-4-3-5-10-17-34(41(51)49(37)25-31)46-43(53)57-26-27/h6-9,11,13-16,20,22-23,27,30-32,34,37H,3-5,10,12,17-19,21,24-26H2,1-2H3,(H,46,53)(H,47,50)(H,48,52)/b15-11+,16-9-/t27-,30-,31+,34-,37-,44+/m0/s1. The lowest BCUT2D eigenvalue weighted by molar-refractivity contribution is -0.141. The summed E-state index contributed by atoms with van der Waals surface area (Å²) in [6.45, 7) is 2.07. The van der Waals surface area contributed by atoms with E-state index in [0.29, 0.717) is 66.6 Å². The number of rotatable bonds is 5. The number of hydrogen-bond donors (Lipinski definition) is 3. The number of allylic oxidation sites excluding steroid dienone is 2. The smallest absolute Gasteiger partial charge is 0.407 e. The molecule has 6 atom stereocenters. The van der Waals surface area contributed by atoms with Crippen molar-refractivity contribution in [1.82, 2.24) is 25.2 Å². The third-order valence-electron chi connectivity index (χ3n) is 12.0. The minimum Gasteiger partial charge on any atom is -0.496 e. The molecule has 3 N–H and O–H groups in total. The third kappa shape index (κ3) is 8.80. The van der Waals surface area contributed by atoms with Gasteiger partial charge in [-0.3, -0.25) is 19.1 Å². The van der Waals surface area contributed by atoms with E-state index in [4.69, 9.17) is 19.2 Å². The number of methoxy groups -OCH3 is 1.